The van der Waals surface area contributed by atoms with Gasteiger partial charge in [-0.2, -0.15) is 0 Å². The highest BCUT2D eigenvalue weighted by Gasteiger charge is 2.15. The third-order valence-corrected chi connectivity index (χ3v) is 4.47. The summed E-state index contributed by atoms with van der Waals surface area (Å²) in [4.78, 5) is 25.9. The smallest absolute Gasteiger partial charge is 0.244 e. The second-order valence-corrected chi connectivity index (χ2v) is 7.04. The lowest BCUT2D eigenvalue weighted by atomic mass is 10.0. The first-order valence-electron chi connectivity index (χ1n) is 8.75. The second kappa shape index (κ2) is 9.39. The van der Waals surface area contributed by atoms with Gasteiger partial charge in [-0.05, 0) is 41.7 Å². The van der Waals surface area contributed by atoms with Gasteiger partial charge in [0.05, 0.1) is 6.54 Å². The maximum absolute atomic E-state index is 12.4. The van der Waals surface area contributed by atoms with E-state index in [1.807, 2.05) is 48.5 Å². The maximum atomic E-state index is 12.4. The third-order valence-electron chi connectivity index (χ3n) is 4.22. The average Bonchev–Trinajstić information content (AvgIpc) is 2.60. The zero-order valence-electron chi connectivity index (χ0n) is 15.5. The number of carbonyl (C=O) groups is 2. The topological polar surface area (TPSA) is 49.4 Å². The van der Waals surface area contributed by atoms with E-state index in [4.69, 9.17) is 11.6 Å². The van der Waals surface area contributed by atoms with E-state index in [1.165, 1.54) is 6.92 Å². The Bertz CT molecular complexity index is 757. The molecule has 138 valence electrons. The molecule has 0 aliphatic rings. The number of benzene rings is 2. The first-order chi connectivity index (χ1) is 12.4. The Morgan fingerprint density at radius 3 is 2.35 bits per heavy atom. The Morgan fingerprint density at radius 2 is 1.73 bits per heavy atom. The van der Waals surface area contributed by atoms with Crippen molar-refractivity contribution in [3.63, 3.8) is 0 Å². The average molecular weight is 373 g/mol. The molecule has 0 fully saturated rings. The summed E-state index contributed by atoms with van der Waals surface area (Å²) < 4.78 is 0. The van der Waals surface area contributed by atoms with Gasteiger partial charge < -0.3 is 10.2 Å². The zero-order valence-corrected chi connectivity index (χ0v) is 16.2. The van der Waals surface area contributed by atoms with Gasteiger partial charge in [0.15, 0.2) is 0 Å². The molecule has 0 saturated heterocycles. The number of nitrogens with zero attached hydrogens (tertiary/aromatic N) is 1. The summed E-state index contributed by atoms with van der Waals surface area (Å²) in [5.41, 5.74) is 2.95. The van der Waals surface area contributed by atoms with Gasteiger partial charge >= 0.3 is 0 Å². The molecule has 0 unspecified atom stereocenters. The van der Waals surface area contributed by atoms with E-state index >= 15 is 0 Å². The largest absolute Gasteiger partial charge is 0.333 e. The lowest BCUT2D eigenvalue weighted by molar-refractivity contribution is -0.132. The Morgan fingerprint density at radius 1 is 1.08 bits per heavy atom. The van der Waals surface area contributed by atoms with E-state index in [0.717, 1.165) is 16.8 Å². The van der Waals surface area contributed by atoms with Crippen molar-refractivity contribution in [2.24, 2.45) is 0 Å². The van der Waals surface area contributed by atoms with Crippen molar-refractivity contribution in [2.75, 3.05) is 18.4 Å². The predicted molar refractivity (Wildman–Crippen MR) is 107 cm³/mol. The monoisotopic (exact) mass is 372 g/mol. The van der Waals surface area contributed by atoms with Crippen LogP contribution in [0.5, 0.6) is 0 Å². The van der Waals surface area contributed by atoms with Crippen molar-refractivity contribution in [3.8, 4) is 0 Å². The van der Waals surface area contributed by atoms with E-state index in [9.17, 15) is 9.59 Å². The Labute approximate surface area is 160 Å². The van der Waals surface area contributed by atoms with Gasteiger partial charge in [-0.25, -0.2) is 0 Å². The SMILES string of the molecule is CC(=O)N(CCc1ccc(Cl)cc1)CC(=O)Nc1ccccc1C(C)C. The number of halogens is 1. The van der Waals surface area contributed by atoms with E-state index in [-0.39, 0.29) is 18.4 Å². The predicted octanol–water partition coefficient (Wildman–Crippen LogP) is 4.49. The van der Waals surface area contributed by atoms with Gasteiger partial charge in [0.2, 0.25) is 11.8 Å². The molecule has 2 amide bonds. The molecule has 2 aromatic rings. The third kappa shape index (κ3) is 5.88. The van der Waals surface area contributed by atoms with Crippen molar-refractivity contribution >= 4 is 29.1 Å². The highest BCUT2D eigenvalue weighted by Crippen LogP contribution is 2.23. The van der Waals surface area contributed by atoms with Crippen LogP contribution in [0.2, 0.25) is 5.02 Å². The quantitative estimate of drug-likeness (QED) is 0.778. The fourth-order valence-corrected chi connectivity index (χ4v) is 2.87. The Kier molecular flexibility index (Phi) is 7.22. The summed E-state index contributed by atoms with van der Waals surface area (Å²) in [5, 5.41) is 3.61. The molecule has 0 aromatic heterocycles. The molecule has 0 aliphatic heterocycles. The number of nitrogens with one attached hydrogen (secondary N) is 1. The molecule has 2 aromatic carbocycles. The first kappa shape index (κ1) is 20.0. The van der Waals surface area contributed by atoms with E-state index < -0.39 is 0 Å². The van der Waals surface area contributed by atoms with Gasteiger partial charge in [0.25, 0.3) is 0 Å². The zero-order chi connectivity index (χ0) is 19.1. The van der Waals surface area contributed by atoms with Gasteiger partial charge in [0.1, 0.15) is 0 Å². The van der Waals surface area contributed by atoms with Gasteiger partial charge in [0, 0.05) is 24.2 Å². The molecule has 0 aliphatic carbocycles. The number of hydrogen-bond donors (Lipinski definition) is 1. The van der Waals surface area contributed by atoms with Crippen LogP contribution in [0.1, 0.15) is 37.8 Å². The summed E-state index contributed by atoms with van der Waals surface area (Å²) in [6.45, 7) is 6.17. The van der Waals surface area contributed by atoms with Crippen LogP contribution >= 0.6 is 11.6 Å². The van der Waals surface area contributed by atoms with Gasteiger partial charge in [-0.3, -0.25) is 9.59 Å². The number of amides is 2. The molecule has 4 nitrogen and oxygen atoms in total. The number of rotatable bonds is 7. The number of anilines is 1. The van der Waals surface area contributed by atoms with E-state index in [2.05, 4.69) is 19.2 Å². The highest BCUT2D eigenvalue weighted by atomic mass is 35.5. The first-order valence-corrected chi connectivity index (χ1v) is 9.13. The fourth-order valence-electron chi connectivity index (χ4n) is 2.74. The van der Waals surface area contributed by atoms with Gasteiger partial charge in [-0.15, -0.1) is 0 Å². The molecular weight excluding hydrogens is 348 g/mol. The van der Waals surface area contributed by atoms with Crippen LogP contribution in [-0.4, -0.2) is 29.8 Å². The minimum Gasteiger partial charge on any atom is -0.333 e. The summed E-state index contributed by atoms with van der Waals surface area (Å²) in [7, 11) is 0. The molecule has 1 N–H and O–H groups in total. The normalized spacial score (nSPS) is 10.7. The van der Waals surface area contributed by atoms with Crippen molar-refractivity contribution in [1.29, 1.82) is 0 Å². The number of hydrogen-bond acceptors (Lipinski definition) is 2. The van der Waals surface area contributed by atoms with Crippen LogP contribution in [0, 0.1) is 0 Å². The molecule has 0 radical (unpaired) electrons. The molecule has 2 rings (SSSR count). The van der Waals surface area contributed by atoms with Gasteiger partial charge in [-0.1, -0.05) is 55.8 Å². The Balaban J connectivity index is 1.97. The molecular formula is C21H25ClN2O2. The van der Waals surface area contributed by atoms with Crippen LogP contribution in [-0.2, 0) is 16.0 Å². The summed E-state index contributed by atoms with van der Waals surface area (Å²) >= 11 is 5.89. The van der Waals surface area contributed by atoms with E-state index in [1.54, 1.807) is 4.90 Å². The van der Waals surface area contributed by atoms with Crippen LogP contribution in [0.15, 0.2) is 48.5 Å². The van der Waals surface area contributed by atoms with Crippen molar-refractivity contribution in [3.05, 3.63) is 64.7 Å². The maximum Gasteiger partial charge on any atom is 0.244 e. The molecule has 0 atom stereocenters. The Hall–Kier alpha value is -2.33. The fraction of sp³-hybridized carbons (Fsp3) is 0.333. The second-order valence-electron chi connectivity index (χ2n) is 6.61. The van der Waals surface area contributed by atoms with Crippen molar-refractivity contribution < 1.29 is 9.59 Å². The standard InChI is InChI=1S/C21H25ClN2O2/c1-15(2)19-6-4-5-7-20(19)23-21(26)14-24(16(3)25)13-12-17-8-10-18(22)11-9-17/h4-11,15H,12-14H2,1-3H3,(H,23,26). The summed E-state index contributed by atoms with van der Waals surface area (Å²) in [6, 6.07) is 15.3. The van der Waals surface area contributed by atoms with Crippen molar-refractivity contribution in [2.45, 2.75) is 33.1 Å². The van der Waals surface area contributed by atoms with Crippen LogP contribution < -0.4 is 5.32 Å². The molecule has 26 heavy (non-hydrogen) atoms. The minimum atomic E-state index is -0.190. The molecule has 5 heteroatoms. The van der Waals surface area contributed by atoms with Crippen molar-refractivity contribution in [1.82, 2.24) is 4.90 Å². The lowest BCUT2D eigenvalue weighted by Crippen LogP contribution is -2.38. The molecule has 0 heterocycles. The minimum absolute atomic E-state index is 0.0371. The van der Waals surface area contributed by atoms with E-state index in [0.29, 0.717) is 23.9 Å². The summed E-state index contributed by atoms with van der Waals surface area (Å²) in [6.07, 6.45) is 0.673. The number of para-hydroxylation sites is 1. The summed E-state index contributed by atoms with van der Waals surface area (Å²) in [5.74, 6) is -0.00372. The molecule has 0 saturated carbocycles. The number of carbonyl (C=O) groups excluding carboxylic acids is 2. The van der Waals surface area contributed by atoms with Crippen LogP contribution in [0.4, 0.5) is 5.69 Å². The highest BCUT2D eigenvalue weighted by molar-refractivity contribution is 6.30. The molecule has 0 bridgehead atoms. The molecule has 0 spiro atoms. The van der Waals surface area contributed by atoms with Crippen LogP contribution in [0.25, 0.3) is 0 Å². The lowest BCUT2D eigenvalue weighted by Gasteiger charge is -2.21. The van der Waals surface area contributed by atoms with Crippen LogP contribution in [0.3, 0.4) is 0 Å².